The monoisotopic (exact) mass is 303 g/mol. The SMILES string of the molecule is CC(C)(C)c1nc(CCN=C(N)Nc2ccccn2)cs1. The van der Waals surface area contributed by atoms with Crippen molar-refractivity contribution in [2.75, 3.05) is 11.9 Å². The van der Waals surface area contributed by atoms with Gasteiger partial charge in [0.1, 0.15) is 5.82 Å². The lowest BCUT2D eigenvalue weighted by atomic mass is 9.98. The summed E-state index contributed by atoms with van der Waals surface area (Å²) in [5.74, 6) is 1.07. The Morgan fingerprint density at radius 3 is 2.81 bits per heavy atom. The van der Waals surface area contributed by atoms with Crippen molar-refractivity contribution < 1.29 is 0 Å². The van der Waals surface area contributed by atoms with Crippen LogP contribution < -0.4 is 11.1 Å². The highest BCUT2D eigenvalue weighted by molar-refractivity contribution is 7.09. The van der Waals surface area contributed by atoms with E-state index in [1.165, 1.54) is 0 Å². The summed E-state index contributed by atoms with van der Waals surface area (Å²) in [5, 5.41) is 6.21. The molecule has 0 unspecified atom stereocenters. The number of anilines is 1. The number of rotatable bonds is 4. The topological polar surface area (TPSA) is 76.2 Å². The molecule has 0 bridgehead atoms. The number of guanidine groups is 1. The van der Waals surface area contributed by atoms with Gasteiger partial charge in [-0.2, -0.15) is 0 Å². The van der Waals surface area contributed by atoms with Gasteiger partial charge in [0.2, 0.25) is 0 Å². The van der Waals surface area contributed by atoms with Gasteiger partial charge in [0, 0.05) is 30.0 Å². The number of nitrogens with one attached hydrogen (secondary N) is 1. The molecule has 2 aromatic heterocycles. The van der Waals surface area contributed by atoms with E-state index in [4.69, 9.17) is 5.73 Å². The standard InChI is InChI=1S/C15H21N5S/c1-15(2,3)13-19-11(10-21-13)7-9-18-14(16)20-12-6-4-5-8-17-12/h4-6,8,10H,7,9H2,1-3H3,(H3,16,17,18,20). The molecule has 0 saturated carbocycles. The van der Waals surface area contributed by atoms with E-state index in [0.29, 0.717) is 18.3 Å². The van der Waals surface area contributed by atoms with E-state index in [1.807, 2.05) is 18.2 Å². The van der Waals surface area contributed by atoms with Crippen LogP contribution in [0.25, 0.3) is 0 Å². The Labute approximate surface area is 129 Å². The molecule has 2 rings (SSSR count). The first-order valence-corrected chi connectivity index (χ1v) is 7.76. The van der Waals surface area contributed by atoms with Gasteiger partial charge in [-0.15, -0.1) is 11.3 Å². The van der Waals surface area contributed by atoms with E-state index in [1.54, 1.807) is 17.5 Å². The van der Waals surface area contributed by atoms with Gasteiger partial charge < -0.3 is 11.1 Å². The second-order valence-electron chi connectivity index (χ2n) is 5.75. The Hall–Kier alpha value is -1.95. The van der Waals surface area contributed by atoms with Gasteiger partial charge >= 0.3 is 0 Å². The second-order valence-corrected chi connectivity index (χ2v) is 6.61. The third-order valence-corrected chi connectivity index (χ3v) is 4.08. The van der Waals surface area contributed by atoms with Crippen LogP contribution in [0.5, 0.6) is 0 Å². The lowest BCUT2D eigenvalue weighted by molar-refractivity contribution is 0.583. The second kappa shape index (κ2) is 6.67. The van der Waals surface area contributed by atoms with Crippen LogP contribution in [0.1, 0.15) is 31.5 Å². The van der Waals surface area contributed by atoms with Gasteiger partial charge in [0.15, 0.2) is 5.96 Å². The third kappa shape index (κ3) is 4.82. The Morgan fingerprint density at radius 2 is 2.19 bits per heavy atom. The Morgan fingerprint density at radius 1 is 1.38 bits per heavy atom. The summed E-state index contributed by atoms with van der Waals surface area (Å²) in [4.78, 5) is 13.1. The Balaban J connectivity index is 1.86. The number of thiazole rings is 1. The molecule has 0 aliphatic heterocycles. The zero-order valence-corrected chi connectivity index (χ0v) is 13.4. The normalized spacial score (nSPS) is 12.4. The van der Waals surface area contributed by atoms with Crippen LogP contribution in [0, 0.1) is 0 Å². The predicted molar refractivity (Wildman–Crippen MR) is 88.9 cm³/mol. The first kappa shape index (κ1) is 15.4. The van der Waals surface area contributed by atoms with Gasteiger partial charge in [-0.3, -0.25) is 4.99 Å². The Bertz CT molecular complexity index is 598. The maximum absolute atomic E-state index is 5.83. The van der Waals surface area contributed by atoms with Crippen molar-refractivity contribution in [2.45, 2.75) is 32.6 Å². The average Bonchev–Trinajstić information content (AvgIpc) is 2.88. The van der Waals surface area contributed by atoms with Gasteiger partial charge in [-0.1, -0.05) is 26.8 Å². The van der Waals surface area contributed by atoms with Crippen molar-refractivity contribution in [2.24, 2.45) is 10.7 Å². The average molecular weight is 303 g/mol. The highest BCUT2D eigenvalue weighted by atomic mass is 32.1. The van der Waals surface area contributed by atoms with Crippen molar-refractivity contribution >= 4 is 23.1 Å². The quantitative estimate of drug-likeness (QED) is 0.672. The largest absolute Gasteiger partial charge is 0.370 e. The number of pyridine rings is 1. The lowest BCUT2D eigenvalue weighted by Crippen LogP contribution is -2.23. The Kier molecular flexibility index (Phi) is 4.90. The molecule has 2 aromatic rings. The van der Waals surface area contributed by atoms with Gasteiger partial charge in [0.05, 0.1) is 10.7 Å². The smallest absolute Gasteiger partial charge is 0.194 e. The summed E-state index contributed by atoms with van der Waals surface area (Å²) in [7, 11) is 0. The molecule has 0 aliphatic carbocycles. The summed E-state index contributed by atoms with van der Waals surface area (Å²) < 4.78 is 0. The molecule has 112 valence electrons. The molecule has 5 nitrogen and oxygen atoms in total. The molecule has 0 saturated heterocycles. The summed E-state index contributed by atoms with van der Waals surface area (Å²) in [6, 6.07) is 5.60. The van der Waals surface area contributed by atoms with E-state index in [9.17, 15) is 0 Å². The molecular formula is C15H21N5S. The minimum absolute atomic E-state index is 0.103. The van der Waals surface area contributed by atoms with Crippen LogP contribution in [0.15, 0.2) is 34.8 Å². The number of aliphatic imine (C=N–C) groups is 1. The molecule has 0 atom stereocenters. The fraction of sp³-hybridized carbons (Fsp3) is 0.400. The lowest BCUT2D eigenvalue weighted by Gasteiger charge is -2.13. The van der Waals surface area contributed by atoms with Crippen LogP contribution in [-0.4, -0.2) is 22.5 Å². The highest BCUT2D eigenvalue weighted by Crippen LogP contribution is 2.25. The van der Waals surface area contributed by atoms with Crippen LogP contribution in [0.4, 0.5) is 5.82 Å². The van der Waals surface area contributed by atoms with Crippen molar-refractivity contribution in [3.63, 3.8) is 0 Å². The van der Waals surface area contributed by atoms with Crippen molar-refractivity contribution in [1.29, 1.82) is 0 Å². The van der Waals surface area contributed by atoms with Crippen LogP contribution >= 0.6 is 11.3 Å². The highest BCUT2D eigenvalue weighted by Gasteiger charge is 2.17. The molecule has 21 heavy (non-hydrogen) atoms. The first-order valence-electron chi connectivity index (χ1n) is 6.88. The number of nitrogens with two attached hydrogens (primary N) is 1. The summed E-state index contributed by atoms with van der Waals surface area (Å²) in [5.41, 5.74) is 7.00. The van der Waals surface area contributed by atoms with E-state index >= 15 is 0 Å². The fourth-order valence-corrected chi connectivity index (χ4v) is 2.61. The van der Waals surface area contributed by atoms with E-state index in [0.717, 1.165) is 17.1 Å². The van der Waals surface area contributed by atoms with Crippen LogP contribution in [-0.2, 0) is 11.8 Å². The molecule has 6 heteroatoms. The first-order chi connectivity index (χ1) is 9.95. The number of hydrogen-bond donors (Lipinski definition) is 2. The van der Waals surface area contributed by atoms with Crippen molar-refractivity contribution in [3.8, 4) is 0 Å². The summed E-state index contributed by atoms with van der Waals surface area (Å²) in [6.07, 6.45) is 2.50. The molecule has 0 aromatic carbocycles. The van der Waals surface area contributed by atoms with E-state index < -0.39 is 0 Å². The maximum atomic E-state index is 5.83. The molecule has 2 heterocycles. The molecule has 0 amide bonds. The molecule has 0 fully saturated rings. The molecule has 3 N–H and O–H groups in total. The number of nitrogens with zero attached hydrogens (tertiary/aromatic N) is 3. The third-order valence-electron chi connectivity index (χ3n) is 2.76. The van der Waals surface area contributed by atoms with E-state index in [-0.39, 0.29) is 5.41 Å². The molecule has 0 aliphatic rings. The van der Waals surface area contributed by atoms with Gasteiger partial charge in [0.25, 0.3) is 0 Å². The fourth-order valence-electron chi connectivity index (χ4n) is 1.66. The van der Waals surface area contributed by atoms with Crippen LogP contribution in [0.2, 0.25) is 0 Å². The zero-order valence-electron chi connectivity index (χ0n) is 12.6. The summed E-state index contributed by atoms with van der Waals surface area (Å²) >= 11 is 1.70. The molecule has 0 radical (unpaired) electrons. The van der Waals surface area contributed by atoms with E-state index in [2.05, 4.69) is 46.4 Å². The zero-order chi connectivity index (χ0) is 15.3. The molecule has 0 spiro atoms. The maximum Gasteiger partial charge on any atom is 0.194 e. The van der Waals surface area contributed by atoms with Gasteiger partial charge in [-0.25, -0.2) is 9.97 Å². The predicted octanol–water partition coefficient (Wildman–Crippen LogP) is 2.80. The van der Waals surface area contributed by atoms with Crippen molar-refractivity contribution in [1.82, 2.24) is 9.97 Å². The summed E-state index contributed by atoms with van der Waals surface area (Å²) in [6.45, 7) is 7.12. The molecular weight excluding hydrogens is 282 g/mol. The van der Waals surface area contributed by atoms with Crippen molar-refractivity contribution in [3.05, 3.63) is 40.5 Å². The minimum Gasteiger partial charge on any atom is -0.370 e. The van der Waals surface area contributed by atoms with Crippen LogP contribution in [0.3, 0.4) is 0 Å². The number of hydrogen-bond acceptors (Lipinski definition) is 4. The van der Waals surface area contributed by atoms with Gasteiger partial charge in [-0.05, 0) is 12.1 Å². The minimum atomic E-state index is 0.103. The number of aromatic nitrogens is 2.